The Morgan fingerprint density at radius 1 is 1.56 bits per heavy atom. The summed E-state index contributed by atoms with van der Waals surface area (Å²) in [6.07, 6.45) is 5.92. The quantitative estimate of drug-likeness (QED) is 0.830. The van der Waals surface area contributed by atoms with Gasteiger partial charge in [0.15, 0.2) is 0 Å². The number of nitrogens with zero attached hydrogens (tertiary/aromatic N) is 2. The minimum Gasteiger partial charge on any atom is -0.284 e. The topological polar surface area (TPSA) is 78.1 Å². The van der Waals surface area contributed by atoms with Gasteiger partial charge < -0.3 is 0 Å². The van der Waals surface area contributed by atoms with Gasteiger partial charge in [0.25, 0.3) is 0 Å². The maximum atomic E-state index is 12.0. The molecule has 0 radical (unpaired) electrons. The second kappa shape index (κ2) is 4.42. The summed E-state index contributed by atoms with van der Waals surface area (Å²) in [7, 11) is -3.43. The lowest BCUT2D eigenvalue weighted by atomic mass is 10.1. The molecular weight excluding hydrogens is 228 g/mol. The molecular formula is C9H16N4O2S. The number of H-pyrrole nitrogens is 1. The monoisotopic (exact) mass is 244 g/mol. The van der Waals surface area contributed by atoms with Gasteiger partial charge in [-0.2, -0.15) is 17.8 Å². The first-order valence-corrected chi connectivity index (χ1v) is 6.82. The average Bonchev–Trinajstić information content (AvgIpc) is 2.70. The molecule has 0 aliphatic carbocycles. The number of anilines is 1. The van der Waals surface area contributed by atoms with Gasteiger partial charge in [-0.1, -0.05) is 6.42 Å². The SMILES string of the molecule is CC1CCCCN1S(=O)(=O)Nc1cn[nH]c1. The van der Waals surface area contributed by atoms with Gasteiger partial charge in [-0.25, -0.2) is 0 Å². The molecule has 0 saturated carbocycles. The number of piperidine rings is 1. The van der Waals surface area contributed by atoms with E-state index in [2.05, 4.69) is 14.9 Å². The van der Waals surface area contributed by atoms with E-state index in [4.69, 9.17) is 0 Å². The molecule has 2 rings (SSSR count). The molecule has 1 unspecified atom stereocenters. The number of rotatable bonds is 3. The van der Waals surface area contributed by atoms with Crippen LogP contribution < -0.4 is 4.72 Å². The zero-order chi connectivity index (χ0) is 11.6. The fourth-order valence-electron chi connectivity index (χ4n) is 1.94. The zero-order valence-corrected chi connectivity index (χ0v) is 10.00. The molecule has 1 fully saturated rings. The molecule has 0 aromatic carbocycles. The molecule has 1 saturated heterocycles. The molecule has 1 aliphatic rings. The van der Waals surface area contributed by atoms with Crippen LogP contribution in [0.2, 0.25) is 0 Å². The van der Waals surface area contributed by atoms with Crippen LogP contribution in [-0.4, -0.2) is 35.5 Å². The van der Waals surface area contributed by atoms with Gasteiger partial charge in [0.1, 0.15) is 0 Å². The first-order chi connectivity index (χ1) is 7.59. The lowest BCUT2D eigenvalue weighted by Gasteiger charge is -2.32. The maximum absolute atomic E-state index is 12.0. The van der Waals surface area contributed by atoms with Gasteiger partial charge in [0, 0.05) is 18.8 Å². The summed E-state index contributed by atoms with van der Waals surface area (Å²) < 4.78 is 28.1. The highest BCUT2D eigenvalue weighted by Gasteiger charge is 2.29. The smallest absolute Gasteiger partial charge is 0.284 e. The molecule has 1 aromatic heterocycles. The Morgan fingerprint density at radius 2 is 2.38 bits per heavy atom. The largest absolute Gasteiger partial charge is 0.301 e. The lowest BCUT2D eigenvalue weighted by Crippen LogP contribution is -2.44. The molecule has 6 nitrogen and oxygen atoms in total. The van der Waals surface area contributed by atoms with Crippen LogP contribution in [-0.2, 0) is 10.2 Å². The Kier molecular flexibility index (Phi) is 3.15. The molecule has 2 N–H and O–H groups in total. The minimum atomic E-state index is -3.43. The van der Waals surface area contributed by atoms with Crippen molar-refractivity contribution >= 4 is 15.9 Å². The lowest BCUT2D eigenvalue weighted by molar-refractivity contribution is 0.270. The molecule has 7 heteroatoms. The van der Waals surface area contributed by atoms with Crippen molar-refractivity contribution in [2.75, 3.05) is 11.3 Å². The average molecular weight is 244 g/mol. The number of hydrogen-bond donors (Lipinski definition) is 2. The maximum Gasteiger partial charge on any atom is 0.301 e. The fraction of sp³-hybridized carbons (Fsp3) is 0.667. The highest BCUT2D eigenvalue weighted by molar-refractivity contribution is 7.90. The van der Waals surface area contributed by atoms with Crippen molar-refractivity contribution in [2.24, 2.45) is 0 Å². The molecule has 90 valence electrons. The van der Waals surface area contributed by atoms with E-state index in [0.717, 1.165) is 19.3 Å². The van der Waals surface area contributed by atoms with Crippen LogP contribution >= 0.6 is 0 Å². The number of aromatic amines is 1. The van der Waals surface area contributed by atoms with E-state index in [1.54, 1.807) is 0 Å². The highest BCUT2D eigenvalue weighted by atomic mass is 32.2. The molecule has 0 amide bonds. The number of hydrogen-bond acceptors (Lipinski definition) is 3. The van der Waals surface area contributed by atoms with Crippen molar-refractivity contribution in [3.63, 3.8) is 0 Å². The summed E-state index contributed by atoms with van der Waals surface area (Å²) in [4.78, 5) is 0. The van der Waals surface area contributed by atoms with Crippen LogP contribution in [0.4, 0.5) is 5.69 Å². The summed E-state index contributed by atoms with van der Waals surface area (Å²) in [5.74, 6) is 0. The van der Waals surface area contributed by atoms with E-state index in [1.807, 2.05) is 6.92 Å². The van der Waals surface area contributed by atoms with Gasteiger partial charge in [0.2, 0.25) is 0 Å². The van der Waals surface area contributed by atoms with Gasteiger partial charge in [0.05, 0.1) is 11.9 Å². The second-order valence-corrected chi connectivity index (χ2v) is 5.67. The Labute approximate surface area is 95.2 Å². The highest BCUT2D eigenvalue weighted by Crippen LogP contribution is 2.21. The summed E-state index contributed by atoms with van der Waals surface area (Å²) >= 11 is 0. The Balaban J connectivity index is 2.12. The first-order valence-electron chi connectivity index (χ1n) is 5.38. The molecule has 16 heavy (non-hydrogen) atoms. The summed E-state index contributed by atoms with van der Waals surface area (Å²) in [6, 6.07) is 0.0677. The van der Waals surface area contributed by atoms with Crippen molar-refractivity contribution in [3.05, 3.63) is 12.4 Å². The standard InChI is InChI=1S/C9H16N4O2S/c1-8-4-2-3-5-13(8)16(14,15)12-9-6-10-11-7-9/h6-8,12H,2-5H2,1H3,(H,10,11). The summed E-state index contributed by atoms with van der Waals surface area (Å²) in [5, 5.41) is 6.27. The van der Waals surface area contributed by atoms with Crippen LogP contribution in [0.1, 0.15) is 26.2 Å². The summed E-state index contributed by atoms with van der Waals surface area (Å²) in [5.41, 5.74) is 0.470. The van der Waals surface area contributed by atoms with E-state index in [-0.39, 0.29) is 6.04 Å². The van der Waals surface area contributed by atoms with Crippen molar-refractivity contribution in [1.29, 1.82) is 0 Å². The van der Waals surface area contributed by atoms with Crippen LogP contribution in [0.25, 0.3) is 0 Å². The number of aromatic nitrogens is 2. The third-order valence-corrected chi connectivity index (χ3v) is 4.45. The molecule has 2 heterocycles. The van der Waals surface area contributed by atoms with Gasteiger partial charge in [-0.15, -0.1) is 0 Å². The molecule has 1 atom stereocenters. The second-order valence-electron chi connectivity index (χ2n) is 4.05. The van der Waals surface area contributed by atoms with Crippen LogP contribution in [0.3, 0.4) is 0 Å². The van der Waals surface area contributed by atoms with Crippen molar-refractivity contribution < 1.29 is 8.42 Å². The molecule has 0 spiro atoms. The van der Waals surface area contributed by atoms with Gasteiger partial charge in [-0.05, 0) is 19.8 Å². The Hall–Kier alpha value is -1.08. The van der Waals surface area contributed by atoms with E-state index in [0.29, 0.717) is 12.2 Å². The van der Waals surface area contributed by atoms with E-state index < -0.39 is 10.2 Å². The predicted molar refractivity (Wildman–Crippen MR) is 61.1 cm³/mol. The molecule has 1 aliphatic heterocycles. The Bertz CT molecular complexity index is 428. The first kappa shape index (κ1) is 11.4. The predicted octanol–water partition coefficient (Wildman–Crippen LogP) is 0.941. The van der Waals surface area contributed by atoms with Crippen molar-refractivity contribution in [1.82, 2.24) is 14.5 Å². The normalized spacial score (nSPS) is 23.2. The van der Waals surface area contributed by atoms with Gasteiger partial charge in [-0.3, -0.25) is 9.82 Å². The van der Waals surface area contributed by atoms with Crippen molar-refractivity contribution in [2.45, 2.75) is 32.2 Å². The van der Waals surface area contributed by atoms with E-state index >= 15 is 0 Å². The van der Waals surface area contributed by atoms with E-state index in [9.17, 15) is 8.42 Å². The van der Waals surface area contributed by atoms with Crippen LogP contribution in [0, 0.1) is 0 Å². The van der Waals surface area contributed by atoms with Crippen LogP contribution in [0.5, 0.6) is 0 Å². The van der Waals surface area contributed by atoms with Gasteiger partial charge >= 0.3 is 10.2 Å². The Morgan fingerprint density at radius 3 is 3.00 bits per heavy atom. The molecule has 0 bridgehead atoms. The third kappa shape index (κ3) is 2.35. The number of nitrogens with one attached hydrogen (secondary N) is 2. The minimum absolute atomic E-state index is 0.0677. The fourth-order valence-corrected chi connectivity index (χ4v) is 3.42. The van der Waals surface area contributed by atoms with E-state index in [1.165, 1.54) is 16.7 Å². The third-order valence-electron chi connectivity index (χ3n) is 2.80. The van der Waals surface area contributed by atoms with Crippen molar-refractivity contribution in [3.8, 4) is 0 Å². The summed E-state index contributed by atoms with van der Waals surface area (Å²) in [6.45, 7) is 2.53. The zero-order valence-electron chi connectivity index (χ0n) is 9.18. The van der Waals surface area contributed by atoms with Crippen LogP contribution in [0.15, 0.2) is 12.4 Å². The molecule has 1 aromatic rings.